The number of rotatable bonds is 2. The molecule has 0 aromatic heterocycles. The second-order valence-electron chi connectivity index (χ2n) is 6.51. The van der Waals surface area contributed by atoms with E-state index in [0.29, 0.717) is 6.04 Å². The summed E-state index contributed by atoms with van der Waals surface area (Å²) in [5, 5.41) is 3.84. The van der Waals surface area contributed by atoms with Crippen LogP contribution in [0.5, 0.6) is 0 Å². The summed E-state index contributed by atoms with van der Waals surface area (Å²) in [6, 6.07) is 18.5. The Kier molecular flexibility index (Phi) is 3.21. The highest BCUT2D eigenvalue weighted by atomic mass is 15.0. The Morgan fingerprint density at radius 1 is 1.05 bits per heavy atom. The Hall–Kier alpha value is -1.76. The third-order valence-corrected chi connectivity index (χ3v) is 5.39. The molecule has 0 bridgehead atoms. The molecule has 1 heteroatoms. The molecule has 0 amide bonds. The maximum Gasteiger partial charge on any atom is 0.0547 e. The van der Waals surface area contributed by atoms with Crippen LogP contribution in [0.25, 0.3) is 0 Å². The minimum Gasteiger partial charge on any atom is -0.378 e. The van der Waals surface area contributed by atoms with Crippen molar-refractivity contribution in [2.45, 2.75) is 44.6 Å². The van der Waals surface area contributed by atoms with Crippen molar-refractivity contribution in [3.63, 3.8) is 0 Å². The van der Waals surface area contributed by atoms with Crippen molar-refractivity contribution in [3.8, 4) is 0 Å². The SMILES string of the molecule is CCc1ccc2c(c1)[C@H]1CCC[C@H]1[C@@H](c1ccccc1)N2. The normalized spacial score (nSPS) is 26.8. The van der Waals surface area contributed by atoms with Gasteiger partial charge in [-0.05, 0) is 53.9 Å². The van der Waals surface area contributed by atoms with Crippen LogP contribution in [-0.4, -0.2) is 0 Å². The zero-order valence-corrected chi connectivity index (χ0v) is 12.7. The first kappa shape index (κ1) is 12.9. The lowest BCUT2D eigenvalue weighted by Crippen LogP contribution is -2.28. The highest BCUT2D eigenvalue weighted by Crippen LogP contribution is 2.52. The summed E-state index contributed by atoms with van der Waals surface area (Å²) in [5.74, 6) is 1.50. The first-order valence-corrected chi connectivity index (χ1v) is 8.31. The minimum atomic E-state index is 0.485. The van der Waals surface area contributed by atoms with Crippen LogP contribution in [0, 0.1) is 5.92 Å². The lowest BCUT2D eigenvalue weighted by molar-refractivity contribution is 0.406. The third-order valence-electron chi connectivity index (χ3n) is 5.39. The standard InChI is InChI=1S/C20H23N/c1-2-14-11-12-19-18(13-14)16-9-6-10-17(16)20(21-19)15-7-4-3-5-8-15/h3-5,7-8,11-13,16-17,20-21H,2,6,9-10H2,1H3/t16-,17+,20+/m0/s1. The fourth-order valence-electron chi connectivity index (χ4n) is 4.31. The summed E-state index contributed by atoms with van der Waals surface area (Å²) in [5.41, 5.74) is 5.85. The van der Waals surface area contributed by atoms with Gasteiger partial charge < -0.3 is 5.32 Å². The van der Waals surface area contributed by atoms with Crippen LogP contribution in [0.3, 0.4) is 0 Å². The van der Waals surface area contributed by atoms with E-state index < -0.39 is 0 Å². The molecular weight excluding hydrogens is 254 g/mol. The summed E-state index contributed by atoms with van der Waals surface area (Å²) in [6.07, 6.45) is 5.21. The number of aryl methyl sites for hydroxylation is 1. The fraction of sp³-hybridized carbons (Fsp3) is 0.400. The van der Waals surface area contributed by atoms with Crippen LogP contribution < -0.4 is 5.32 Å². The van der Waals surface area contributed by atoms with Gasteiger partial charge in [-0.3, -0.25) is 0 Å². The van der Waals surface area contributed by atoms with Crippen molar-refractivity contribution in [1.82, 2.24) is 0 Å². The number of nitrogens with one attached hydrogen (secondary N) is 1. The number of hydrogen-bond acceptors (Lipinski definition) is 1. The van der Waals surface area contributed by atoms with E-state index in [1.807, 2.05) is 0 Å². The molecule has 1 N–H and O–H groups in total. The first-order valence-electron chi connectivity index (χ1n) is 8.31. The molecule has 1 heterocycles. The van der Waals surface area contributed by atoms with E-state index in [2.05, 4.69) is 60.8 Å². The van der Waals surface area contributed by atoms with Gasteiger partial charge in [-0.1, -0.05) is 55.8 Å². The summed E-state index contributed by atoms with van der Waals surface area (Å²) < 4.78 is 0. The highest BCUT2D eigenvalue weighted by Gasteiger charge is 2.40. The van der Waals surface area contributed by atoms with Crippen LogP contribution in [0.2, 0.25) is 0 Å². The Morgan fingerprint density at radius 3 is 2.71 bits per heavy atom. The molecule has 3 atom stereocenters. The summed E-state index contributed by atoms with van der Waals surface area (Å²) >= 11 is 0. The summed E-state index contributed by atoms with van der Waals surface area (Å²) in [7, 11) is 0. The number of hydrogen-bond donors (Lipinski definition) is 1. The maximum atomic E-state index is 3.84. The first-order chi connectivity index (χ1) is 10.4. The minimum absolute atomic E-state index is 0.485. The predicted octanol–water partition coefficient (Wildman–Crippen LogP) is 5.30. The number of fused-ring (bicyclic) bond motifs is 3. The molecule has 1 aliphatic heterocycles. The van der Waals surface area contributed by atoms with E-state index >= 15 is 0 Å². The molecule has 0 radical (unpaired) electrons. The molecule has 21 heavy (non-hydrogen) atoms. The lowest BCUT2D eigenvalue weighted by Gasteiger charge is -2.38. The molecular formula is C20H23N. The maximum absolute atomic E-state index is 3.84. The molecule has 2 aliphatic rings. The third kappa shape index (κ3) is 2.16. The van der Waals surface area contributed by atoms with E-state index in [1.165, 1.54) is 36.1 Å². The molecule has 1 fully saturated rings. The number of benzene rings is 2. The molecule has 1 nitrogen and oxygen atoms in total. The van der Waals surface area contributed by atoms with Crippen LogP contribution in [0.4, 0.5) is 5.69 Å². The lowest BCUT2D eigenvalue weighted by atomic mass is 9.77. The zero-order chi connectivity index (χ0) is 14.2. The van der Waals surface area contributed by atoms with E-state index in [9.17, 15) is 0 Å². The fourth-order valence-corrected chi connectivity index (χ4v) is 4.31. The van der Waals surface area contributed by atoms with Crippen molar-refractivity contribution in [2.24, 2.45) is 5.92 Å². The summed E-state index contributed by atoms with van der Waals surface area (Å²) in [6.45, 7) is 2.25. The number of anilines is 1. The van der Waals surface area contributed by atoms with Gasteiger partial charge >= 0.3 is 0 Å². The van der Waals surface area contributed by atoms with Gasteiger partial charge in [0.2, 0.25) is 0 Å². The van der Waals surface area contributed by atoms with Crippen LogP contribution >= 0.6 is 0 Å². The molecule has 0 spiro atoms. The molecule has 1 aliphatic carbocycles. The molecule has 0 unspecified atom stereocenters. The zero-order valence-electron chi connectivity index (χ0n) is 12.7. The smallest absolute Gasteiger partial charge is 0.0547 e. The van der Waals surface area contributed by atoms with Gasteiger partial charge in [0.25, 0.3) is 0 Å². The highest BCUT2D eigenvalue weighted by molar-refractivity contribution is 5.59. The van der Waals surface area contributed by atoms with E-state index in [0.717, 1.165) is 18.3 Å². The van der Waals surface area contributed by atoms with Crippen LogP contribution in [-0.2, 0) is 6.42 Å². The largest absolute Gasteiger partial charge is 0.378 e. The van der Waals surface area contributed by atoms with Crippen molar-refractivity contribution in [2.75, 3.05) is 5.32 Å². The van der Waals surface area contributed by atoms with Crippen LogP contribution in [0.1, 0.15) is 54.8 Å². The van der Waals surface area contributed by atoms with Gasteiger partial charge in [0.15, 0.2) is 0 Å². The Morgan fingerprint density at radius 2 is 1.90 bits per heavy atom. The second-order valence-corrected chi connectivity index (χ2v) is 6.51. The molecule has 0 saturated heterocycles. The van der Waals surface area contributed by atoms with Gasteiger partial charge in [-0.15, -0.1) is 0 Å². The average molecular weight is 277 g/mol. The van der Waals surface area contributed by atoms with Crippen molar-refractivity contribution in [1.29, 1.82) is 0 Å². The second kappa shape index (κ2) is 5.22. The quantitative estimate of drug-likeness (QED) is 0.785. The summed E-state index contributed by atoms with van der Waals surface area (Å²) in [4.78, 5) is 0. The topological polar surface area (TPSA) is 12.0 Å². The monoisotopic (exact) mass is 277 g/mol. The Balaban J connectivity index is 1.77. The van der Waals surface area contributed by atoms with Gasteiger partial charge in [-0.25, -0.2) is 0 Å². The van der Waals surface area contributed by atoms with Crippen molar-refractivity contribution >= 4 is 5.69 Å². The van der Waals surface area contributed by atoms with Crippen molar-refractivity contribution in [3.05, 3.63) is 65.2 Å². The molecule has 2 aromatic carbocycles. The molecule has 108 valence electrons. The Labute approximate surface area is 127 Å². The molecule has 4 rings (SSSR count). The van der Waals surface area contributed by atoms with Crippen LogP contribution in [0.15, 0.2) is 48.5 Å². The van der Waals surface area contributed by atoms with Gasteiger partial charge in [-0.2, -0.15) is 0 Å². The molecule has 2 aromatic rings. The molecule has 1 saturated carbocycles. The van der Waals surface area contributed by atoms with E-state index in [-0.39, 0.29) is 0 Å². The van der Waals surface area contributed by atoms with Gasteiger partial charge in [0.1, 0.15) is 0 Å². The van der Waals surface area contributed by atoms with Gasteiger partial charge in [0.05, 0.1) is 6.04 Å². The predicted molar refractivity (Wildman–Crippen MR) is 88.7 cm³/mol. The van der Waals surface area contributed by atoms with E-state index in [4.69, 9.17) is 0 Å². The van der Waals surface area contributed by atoms with Crippen molar-refractivity contribution < 1.29 is 0 Å². The van der Waals surface area contributed by atoms with E-state index in [1.54, 1.807) is 5.56 Å². The van der Waals surface area contributed by atoms with Gasteiger partial charge in [0, 0.05) is 5.69 Å². The average Bonchev–Trinajstić information content (AvgIpc) is 3.04. The Bertz CT molecular complexity index is 632.